The van der Waals surface area contributed by atoms with Crippen LogP contribution in [0, 0.1) is 5.92 Å². The monoisotopic (exact) mass is 505 g/mol. The summed E-state index contributed by atoms with van der Waals surface area (Å²) in [5.41, 5.74) is 1.13. The number of carbonyl (C=O) groups excluding carboxylic acids is 2. The van der Waals surface area contributed by atoms with Crippen LogP contribution in [0.25, 0.3) is 0 Å². The van der Waals surface area contributed by atoms with Crippen LogP contribution in [-0.4, -0.2) is 83.0 Å². The number of hydrogen-bond acceptors (Lipinski definition) is 8. The van der Waals surface area contributed by atoms with E-state index in [2.05, 4.69) is 19.9 Å². The Balaban J connectivity index is 0.00000272. The van der Waals surface area contributed by atoms with Crippen molar-refractivity contribution in [2.24, 2.45) is 5.92 Å². The molecular weight excluding hydrogens is 469 g/mol. The van der Waals surface area contributed by atoms with Gasteiger partial charge in [-0.25, -0.2) is 4.79 Å². The molecule has 2 aliphatic rings. The summed E-state index contributed by atoms with van der Waals surface area (Å²) in [7, 11) is 2.55. The number of carbonyl (C=O) groups is 2. The highest BCUT2D eigenvalue weighted by Gasteiger charge is 2.25. The van der Waals surface area contributed by atoms with Crippen molar-refractivity contribution in [3.8, 4) is 5.75 Å². The maximum Gasteiger partial charge on any atom is 0.347 e. The first-order valence-electron chi connectivity index (χ1n) is 11.2. The van der Waals surface area contributed by atoms with Gasteiger partial charge in [0.2, 0.25) is 6.10 Å². The summed E-state index contributed by atoms with van der Waals surface area (Å²) in [6.45, 7) is 7.68. The van der Waals surface area contributed by atoms with Crippen LogP contribution in [0.5, 0.6) is 5.75 Å². The third kappa shape index (κ3) is 9.20. The third-order valence-electron chi connectivity index (χ3n) is 6.21. The van der Waals surface area contributed by atoms with Gasteiger partial charge >= 0.3 is 11.9 Å². The Morgan fingerprint density at radius 2 is 1.64 bits per heavy atom. The average molecular weight is 506 g/mol. The molecule has 1 aromatic rings. The summed E-state index contributed by atoms with van der Waals surface area (Å²) in [4.78, 5) is 28.4. The quantitative estimate of drug-likeness (QED) is 0.512. The minimum Gasteiger partial charge on any atom is -0.478 e. The summed E-state index contributed by atoms with van der Waals surface area (Å²) in [6.07, 6.45) is 2.72. The number of rotatable bonds is 9. The van der Waals surface area contributed by atoms with Gasteiger partial charge in [-0.15, -0.1) is 24.8 Å². The van der Waals surface area contributed by atoms with E-state index in [9.17, 15) is 9.59 Å². The van der Waals surface area contributed by atoms with Gasteiger partial charge < -0.3 is 24.4 Å². The van der Waals surface area contributed by atoms with Crippen LogP contribution in [0.1, 0.15) is 25.7 Å². The first kappa shape index (κ1) is 29.3. The molecule has 0 bridgehead atoms. The van der Waals surface area contributed by atoms with Crippen LogP contribution >= 0.6 is 24.8 Å². The zero-order valence-electron chi connectivity index (χ0n) is 19.5. The van der Waals surface area contributed by atoms with Crippen LogP contribution in [-0.2, 0) is 19.1 Å². The molecule has 1 unspecified atom stereocenters. The average Bonchev–Trinajstić information content (AvgIpc) is 2.83. The Hall–Kier alpha value is -1.74. The van der Waals surface area contributed by atoms with E-state index in [1.165, 1.54) is 53.1 Å². The normalized spacial score (nSPS) is 17.8. The van der Waals surface area contributed by atoms with Gasteiger partial charge in [-0.1, -0.05) is 0 Å². The fraction of sp³-hybridized carbons (Fsp3) is 0.652. The Morgan fingerprint density at radius 3 is 2.21 bits per heavy atom. The molecule has 10 heteroatoms. The number of methoxy groups -OCH3 is 2. The predicted molar refractivity (Wildman–Crippen MR) is 133 cm³/mol. The number of piperazine rings is 1. The summed E-state index contributed by atoms with van der Waals surface area (Å²) in [5, 5.41) is 3.44. The molecule has 33 heavy (non-hydrogen) atoms. The van der Waals surface area contributed by atoms with Crippen LogP contribution in [0.2, 0.25) is 0 Å². The van der Waals surface area contributed by atoms with Crippen LogP contribution in [0.3, 0.4) is 0 Å². The van der Waals surface area contributed by atoms with Crippen molar-refractivity contribution in [1.82, 2.24) is 10.2 Å². The Kier molecular flexibility index (Phi) is 13.5. The fourth-order valence-corrected chi connectivity index (χ4v) is 4.20. The fourth-order valence-electron chi connectivity index (χ4n) is 4.20. The Morgan fingerprint density at radius 1 is 1.00 bits per heavy atom. The topological polar surface area (TPSA) is 80.3 Å². The summed E-state index contributed by atoms with van der Waals surface area (Å²) >= 11 is 0. The van der Waals surface area contributed by atoms with Crippen molar-refractivity contribution in [1.29, 1.82) is 0 Å². The molecule has 188 valence electrons. The standard InChI is InChI=1S/C23H35N3O5.2ClH/c1-29-22(27)17-21(23(28)30-2)31-20-5-3-19(4-6-20)26-15-13-25(14-16-26)12-9-18-7-10-24-11-8-18;;/h3-6,18,21,24H,7-17H2,1-2H3;2*1H. The second kappa shape index (κ2) is 15.2. The molecule has 2 fully saturated rings. The molecule has 0 aliphatic carbocycles. The molecule has 8 nitrogen and oxygen atoms in total. The van der Waals surface area contributed by atoms with E-state index < -0.39 is 18.0 Å². The highest BCUT2D eigenvalue weighted by atomic mass is 35.5. The van der Waals surface area contributed by atoms with Gasteiger partial charge in [0, 0.05) is 31.9 Å². The number of benzene rings is 1. The second-order valence-electron chi connectivity index (χ2n) is 8.21. The molecule has 0 spiro atoms. The first-order valence-corrected chi connectivity index (χ1v) is 11.2. The molecule has 1 atom stereocenters. The van der Waals surface area contributed by atoms with Crippen LogP contribution in [0.15, 0.2) is 24.3 Å². The number of hydrogen-bond donors (Lipinski definition) is 1. The minimum atomic E-state index is -1.02. The number of nitrogens with one attached hydrogen (secondary N) is 1. The lowest BCUT2D eigenvalue weighted by Gasteiger charge is -2.37. The number of esters is 2. The van der Waals surface area contributed by atoms with Crippen molar-refractivity contribution in [2.45, 2.75) is 31.8 Å². The van der Waals surface area contributed by atoms with Gasteiger partial charge in [-0.05, 0) is 69.1 Å². The summed E-state index contributed by atoms with van der Waals surface area (Å²) in [5.74, 6) is 0.267. The summed E-state index contributed by atoms with van der Waals surface area (Å²) < 4.78 is 15.0. The number of nitrogens with zero attached hydrogens (tertiary/aromatic N) is 2. The van der Waals surface area contributed by atoms with E-state index >= 15 is 0 Å². The zero-order chi connectivity index (χ0) is 22.1. The smallest absolute Gasteiger partial charge is 0.347 e. The lowest BCUT2D eigenvalue weighted by Crippen LogP contribution is -2.47. The van der Waals surface area contributed by atoms with Crippen LogP contribution in [0.4, 0.5) is 5.69 Å². The lowest BCUT2D eigenvalue weighted by molar-refractivity contribution is -0.155. The molecule has 0 radical (unpaired) electrons. The molecule has 0 amide bonds. The van der Waals surface area contributed by atoms with Gasteiger partial charge in [-0.2, -0.15) is 0 Å². The van der Waals surface area contributed by atoms with Gasteiger partial charge in [0.15, 0.2) is 0 Å². The molecule has 1 aromatic carbocycles. The maximum atomic E-state index is 11.9. The Bertz CT molecular complexity index is 709. The molecule has 3 rings (SSSR count). The van der Waals surface area contributed by atoms with Crippen LogP contribution < -0.4 is 15.0 Å². The molecule has 1 N–H and O–H groups in total. The van der Waals surface area contributed by atoms with Crippen molar-refractivity contribution in [3.05, 3.63) is 24.3 Å². The Labute approximate surface area is 209 Å². The van der Waals surface area contributed by atoms with E-state index in [0.29, 0.717) is 5.75 Å². The van der Waals surface area contributed by atoms with Crippen molar-refractivity contribution in [3.63, 3.8) is 0 Å². The molecule has 2 saturated heterocycles. The molecule has 2 heterocycles. The highest BCUT2D eigenvalue weighted by molar-refractivity contribution is 5.85. The van der Waals surface area contributed by atoms with E-state index in [1.807, 2.05) is 24.3 Å². The van der Waals surface area contributed by atoms with Crippen molar-refractivity contribution in [2.75, 3.05) is 64.9 Å². The number of piperidine rings is 1. The van der Waals surface area contributed by atoms with Gasteiger partial charge in [-0.3, -0.25) is 9.69 Å². The lowest BCUT2D eigenvalue weighted by atomic mass is 9.94. The van der Waals surface area contributed by atoms with E-state index in [-0.39, 0.29) is 31.2 Å². The predicted octanol–water partition coefficient (Wildman–Crippen LogP) is 2.53. The van der Waals surface area contributed by atoms with E-state index in [0.717, 1.165) is 37.8 Å². The first-order chi connectivity index (χ1) is 15.1. The maximum absolute atomic E-state index is 11.9. The van der Waals surface area contributed by atoms with E-state index in [1.54, 1.807) is 0 Å². The molecular formula is C23H37Cl2N3O5. The highest BCUT2D eigenvalue weighted by Crippen LogP contribution is 2.23. The summed E-state index contributed by atoms with van der Waals surface area (Å²) in [6, 6.07) is 7.64. The van der Waals surface area contributed by atoms with Crippen molar-refractivity contribution >= 4 is 42.4 Å². The van der Waals surface area contributed by atoms with Gasteiger partial charge in [0.25, 0.3) is 0 Å². The van der Waals surface area contributed by atoms with Gasteiger partial charge in [0.05, 0.1) is 20.6 Å². The zero-order valence-corrected chi connectivity index (χ0v) is 21.1. The largest absolute Gasteiger partial charge is 0.478 e. The second-order valence-corrected chi connectivity index (χ2v) is 8.21. The number of anilines is 1. The number of ether oxygens (including phenoxy) is 3. The van der Waals surface area contributed by atoms with Gasteiger partial charge in [0.1, 0.15) is 5.75 Å². The number of halogens is 2. The SMILES string of the molecule is COC(=O)CC(Oc1ccc(N2CCN(CCC3CCNCC3)CC2)cc1)C(=O)OC.Cl.Cl. The molecule has 0 saturated carbocycles. The molecule has 0 aromatic heterocycles. The van der Waals surface area contributed by atoms with E-state index in [4.69, 9.17) is 9.47 Å². The third-order valence-corrected chi connectivity index (χ3v) is 6.21. The van der Waals surface area contributed by atoms with Crippen molar-refractivity contribution < 1.29 is 23.8 Å². The minimum absolute atomic E-state index is 0. The molecule has 2 aliphatic heterocycles.